The fourth-order valence-corrected chi connectivity index (χ4v) is 3.90. The Hall–Kier alpha value is -1.64. The van der Waals surface area contributed by atoms with Crippen molar-refractivity contribution in [2.75, 3.05) is 4.72 Å². The number of nitrogens with one attached hydrogen (secondary N) is 2. The molecule has 1 heterocycles. The second kappa shape index (κ2) is 7.96. The lowest BCUT2D eigenvalue weighted by Gasteiger charge is -2.10. The number of halogens is 1. The molecule has 1 aromatic heterocycles. The smallest absolute Gasteiger partial charge is 0.263 e. The number of anilines is 1. The van der Waals surface area contributed by atoms with Crippen LogP contribution in [0.5, 0.6) is 0 Å². The third-order valence-electron chi connectivity index (χ3n) is 3.26. The Morgan fingerprint density at radius 1 is 1.33 bits per heavy atom. The molecule has 0 radical (unpaired) electrons. The van der Waals surface area contributed by atoms with Crippen molar-refractivity contribution in [1.82, 2.24) is 10.3 Å². The van der Waals surface area contributed by atoms with Gasteiger partial charge in [0.05, 0.1) is 17.0 Å². The van der Waals surface area contributed by atoms with E-state index in [4.69, 9.17) is 11.6 Å². The van der Waals surface area contributed by atoms with E-state index in [0.29, 0.717) is 10.7 Å². The summed E-state index contributed by atoms with van der Waals surface area (Å²) >= 11 is 6.89. The summed E-state index contributed by atoms with van der Waals surface area (Å²) in [6, 6.07) is 5.93. The third kappa shape index (κ3) is 5.19. The lowest BCUT2D eigenvalue weighted by atomic mass is 10.2. The Kier molecular flexibility index (Phi) is 6.20. The molecule has 2 rings (SSSR count). The Morgan fingerprint density at radius 2 is 2.00 bits per heavy atom. The molecule has 0 aliphatic carbocycles. The van der Waals surface area contributed by atoms with Crippen LogP contribution in [0, 0.1) is 0 Å². The molecule has 0 unspecified atom stereocenters. The maximum absolute atomic E-state index is 12.3. The van der Waals surface area contributed by atoms with Crippen LogP contribution in [-0.2, 0) is 21.2 Å². The number of carbonyl (C=O) groups is 1. The van der Waals surface area contributed by atoms with Gasteiger partial charge in [-0.2, -0.15) is 0 Å². The van der Waals surface area contributed by atoms with Gasteiger partial charge in [-0.3, -0.25) is 9.52 Å². The first-order valence-electron chi connectivity index (χ1n) is 7.32. The van der Waals surface area contributed by atoms with Gasteiger partial charge in [-0.1, -0.05) is 18.5 Å². The Labute approximate surface area is 150 Å². The molecule has 1 atom stereocenters. The van der Waals surface area contributed by atoms with Crippen molar-refractivity contribution >= 4 is 44.0 Å². The Morgan fingerprint density at radius 3 is 2.62 bits per heavy atom. The minimum absolute atomic E-state index is 0.0955. The van der Waals surface area contributed by atoms with Crippen molar-refractivity contribution in [3.63, 3.8) is 0 Å². The Bertz CT molecular complexity index is 804. The van der Waals surface area contributed by atoms with Gasteiger partial charge >= 0.3 is 0 Å². The summed E-state index contributed by atoms with van der Waals surface area (Å²) in [6.45, 7) is 3.90. The molecule has 0 saturated carbocycles. The fourth-order valence-electron chi connectivity index (χ4n) is 1.82. The van der Waals surface area contributed by atoms with Gasteiger partial charge in [-0.25, -0.2) is 13.4 Å². The van der Waals surface area contributed by atoms with Crippen molar-refractivity contribution < 1.29 is 13.2 Å². The second-order valence-corrected chi connectivity index (χ2v) is 8.23. The number of thiazole rings is 1. The van der Waals surface area contributed by atoms with Crippen molar-refractivity contribution in [2.24, 2.45) is 0 Å². The van der Waals surface area contributed by atoms with Crippen molar-refractivity contribution in [1.29, 1.82) is 0 Å². The van der Waals surface area contributed by atoms with E-state index in [1.807, 2.05) is 13.8 Å². The molecule has 2 aromatic rings. The number of nitrogens with zero attached hydrogens (tertiary/aromatic N) is 1. The average molecular weight is 388 g/mol. The minimum atomic E-state index is -3.73. The predicted octanol–water partition coefficient (Wildman–Crippen LogP) is 3.05. The number of carbonyl (C=O) groups excluding carboxylic acids is 1. The first-order valence-corrected chi connectivity index (χ1v) is 10.1. The van der Waals surface area contributed by atoms with E-state index in [2.05, 4.69) is 15.0 Å². The van der Waals surface area contributed by atoms with Crippen molar-refractivity contribution in [3.05, 3.63) is 40.4 Å². The summed E-state index contributed by atoms with van der Waals surface area (Å²) in [5.41, 5.74) is 0.523. The first kappa shape index (κ1) is 18.7. The molecule has 6 nitrogen and oxygen atoms in total. The number of benzene rings is 1. The van der Waals surface area contributed by atoms with E-state index < -0.39 is 10.0 Å². The number of hydrogen-bond acceptors (Lipinski definition) is 5. The first-order chi connectivity index (χ1) is 11.3. The summed E-state index contributed by atoms with van der Waals surface area (Å²) < 4.78 is 26.9. The van der Waals surface area contributed by atoms with Gasteiger partial charge in [0.25, 0.3) is 10.0 Å². The van der Waals surface area contributed by atoms with Gasteiger partial charge in [0.1, 0.15) is 0 Å². The average Bonchev–Trinajstić information content (AvgIpc) is 2.93. The topological polar surface area (TPSA) is 88.2 Å². The molecular weight excluding hydrogens is 370 g/mol. The van der Waals surface area contributed by atoms with Crippen LogP contribution in [0.2, 0.25) is 5.02 Å². The van der Waals surface area contributed by atoms with Gasteiger partial charge < -0.3 is 5.32 Å². The summed E-state index contributed by atoms with van der Waals surface area (Å²) in [6.07, 6.45) is 0.957. The van der Waals surface area contributed by atoms with Gasteiger partial charge in [0.15, 0.2) is 5.13 Å². The number of amides is 1. The van der Waals surface area contributed by atoms with E-state index in [0.717, 1.165) is 17.8 Å². The molecule has 0 aliphatic rings. The van der Waals surface area contributed by atoms with Crippen LogP contribution < -0.4 is 10.0 Å². The normalized spacial score (nSPS) is 12.6. The molecule has 0 spiro atoms. The molecule has 0 fully saturated rings. The highest BCUT2D eigenvalue weighted by Crippen LogP contribution is 2.21. The summed E-state index contributed by atoms with van der Waals surface area (Å²) in [5, 5.41) is 5.18. The summed E-state index contributed by atoms with van der Waals surface area (Å²) in [7, 11) is -3.73. The lowest BCUT2D eigenvalue weighted by molar-refractivity contribution is -0.121. The monoisotopic (exact) mass is 387 g/mol. The Balaban J connectivity index is 2.03. The molecule has 130 valence electrons. The molecule has 2 N–H and O–H groups in total. The maximum Gasteiger partial charge on any atom is 0.263 e. The third-order valence-corrected chi connectivity index (χ3v) is 5.80. The molecule has 0 bridgehead atoms. The van der Waals surface area contributed by atoms with Gasteiger partial charge in [0.2, 0.25) is 5.91 Å². The highest BCUT2D eigenvalue weighted by atomic mass is 35.5. The largest absolute Gasteiger partial charge is 0.353 e. The zero-order valence-electron chi connectivity index (χ0n) is 13.2. The van der Waals surface area contributed by atoms with E-state index in [9.17, 15) is 13.2 Å². The highest BCUT2D eigenvalue weighted by molar-refractivity contribution is 7.93. The predicted molar refractivity (Wildman–Crippen MR) is 96.0 cm³/mol. The molecule has 0 saturated heterocycles. The van der Waals surface area contributed by atoms with Crippen LogP contribution in [0.3, 0.4) is 0 Å². The van der Waals surface area contributed by atoms with Crippen LogP contribution in [0.15, 0.2) is 34.5 Å². The molecule has 24 heavy (non-hydrogen) atoms. The van der Waals surface area contributed by atoms with Gasteiger partial charge in [-0.05, 0) is 37.6 Å². The standard InChI is InChI=1S/C15H18ClN3O3S2/c1-3-10(2)17-14(20)8-12-9-23-15(18-12)19-24(21,22)13-6-4-11(16)5-7-13/h4-7,9-10H,3,8H2,1-2H3,(H,17,20)(H,18,19)/t10-/m0/s1. The molecule has 9 heteroatoms. The van der Waals surface area contributed by atoms with Crippen LogP contribution in [0.4, 0.5) is 5.13 Å². The maximum atomic E-state index is 12.3. The van der Waals surface area contributed by atoms with Crippen molar-refractivity contribution in [3.8, 4) is 0 Å². The van der Waals surface area contributed by atoms with Crippen LogP contribution in [0.25, 0.3) is 0 Å². The van der Waals surface area contributed by atoms with Crippen LogP contribution in [-0.4, -0.2) is 25.4 Å². The highest BCUT2D eigenvalue weighted by Gasteiger charge is 2.17. The second-order valence-electron chi connectivity index (χ2n) is 5.26. The number of rotatable bonds is 7. The van der Waals surface area contributed by atoms with Crippen LogP contribution >= 0.6 is 22.9 Å². The molecular formula is C15H18ClN3O3S2. The molecule has 1 amide bonds. The zero-order chi connectivity index (χ0) is 17.7. The summed E-state index contributed by atoms with van der Waals surface area (Å²) in [5.74, 6) is -0.137. The molecule has 1 aromatic carbocycles. The van der Waals surface area contributed by atoms with E-state index in [1.165, 1.54) is 24.3 Å². The molecule has 0 aliphatic heterocycles. The SMILES string of the molecule is CC[C@H](C)NC(=O)Cc1csc(NS(=O)(=O)c2ccc(Cl)cc2)n1. The number of sulfonamides is 1. The quantitative estimate of drug-likeness (QED) is 0.764. The van der Waals surface area contributed by atoms with Gasteiger partial charge in [0, 0.05) is 16.4 Å². The minimum Gasteiger partial charge on any atom is -0.353 e. The zero-order valence-corrected chi connectivity index (χ0v) is 15.6. The van der Waals surface area contributed by atoms with Crippen LogP contribution in [0.1, 0.15) is 26.0 Å². The van der Waals surface area contributed by atoms with E-state index in [-0.39, 0.29) is 28.4 Å². The van der Waals surface area contributed by atoms with Crippen molar-refractivity contribution in [2.45, 2.75) is 37.6 Å². The van der Waals surface area contributed by atoms with E-state index >= 15 is 0 Å². The number of hydrogen-bond donors (Lipinski definition) is 2. The van der Waals surface area contributed by atoms with Gasteiger partial charge in [-0.15, -0.1) is 11.3 Å². The number of aromatic nitrogens is 1. The fraction of sp³-hybridized carbons (Fsp3) is 0.333. The van der Waals surface area contributed by atoms with E-state index in [1.54, 1.807) is 5.38 Å². The summed E-state index contributed by atoms with van der Waals surface area (Å²) in [4.78, 5) is 16.1. The lowest BCUT2D eigenvalue weighted by Crippen LogP contribution is -2.33.